The zero-order valence-corrected chi connectivity index (χ0v) is 21.3. The van der Waals surface area contributed by atoms with E-state index in [2.05, 4.69) is 15.0 Å². The zero-order valence-electron chi connectivity index (χ0n) is 21.3. The number of nitrogens with zero attached hydrogens (tertiary/aromatic N) is 6. The Morgan fingerprint density at radius 2 is 1.78 bits per heavy atom. The van der Waals surface area contributed by atoms with Crippen LogP contribution in [0.1, 0.15) is 48.2 Å². The lowest BCUT2D eigenvalue weighted by Gasteiger charge is -2.40. The van der Waals surface area contributed by atoms with Crippen molar-refractivity contribution in [2.45, 2.75) is 45.1 Å². The molecule has 1 amide bonds. The Hall–Kier alpha value is -3.46. The van der Waals surface area contributed by atoms with Crippen LogP contribution in [0.2, 0.25) is 0 Å². The summed E-state index contributed by atoms with van der Waals surface area (Å²) in [6.45, 7) is 5.86. The quantitative estimate of drug-likeness (QED) is 0.520. The number of carbonyl (C=O) groups excluding carboxylic acids is 1. The molecule has 2 fully saturated rings. The normalized spacial score (nSPS) is 17.2. The molecule has 0 spiro atoms. The molecular weight excluding hydrogens is 456 g/mol. The first-order valence-electron chi connectivity index (χ1n) is 12.7. The Morgan fingerprint density at radius 3 is 2.50 bits per heavy atom. The lowest BCUT2D eigenvalue weighted by molar-refractivity contribution is 0.0589. The van der Waals surface area contributed by atoms with Gasteiger partial charge in [-0.05, 0) is 70.0 Å². The van der Waals surface area contributed by atoms with Crippen LogP contribution >= 0.6 is 0 Å². The smallest absolute Gasteiger partial charge is 0.257 e. The van der Waals surface area contributed by atoms with Gasteiger partial charge in [0.1, 0.15) is 11.5 Å². The number of ether oxygens (including phenoxy) is 2. The van der Waals surface area contributed by atoms with Crippen LogP contribution in [0, 0.1) is 6.92 Å². The fourth-order valence-electron chi connectivity index (χ4n) is 5.32. The molecule has 0 N–H and O–H groups in total. The van der Waals surface area contributed by atoms with Gasteiger partial charge in [-0.2, -0.15) is 5.10 Å². The van der Waals surface area contributed by atoms with Crippen LogP contribution in [0.25, 0.3) is 17.2 Å². The first-order valence-corrected chi connectivity index (χ1v) is 12.7. The SMILES string of the molecule is COc1ccc(OC)c(-c2ccnc(-n3ncc(C(=O)N4CCC(N5CCCCC5)CC4)c3C)n2)c1. The summed E-state index contributed by atoms with van der Waals surface area (Å²) in [5, 5.41) is 4.48. The van der Waals surface area contributed by atoms with Crippen LogP contribution in [0.4, 0.5) is 0 Å². The van der Waals surface area contributed by atoms with Crippen molar-refractivity contribution in [3.63, 3.8) is 0 Å². The van der Waals surface area contributed by atoms with Gasteiger partial charge in [-0.1, -0.05) is 6.42 Å². The molecule has 0 aliphatic carbocycles. The number of likely N-dealkylation sites (tertiary alicyclic amines) is 2. The number of carbonyl (C=O) groups is 1. The number of aromatic nitrogens is 4. The highest BCUT2D eigenvalue weighted by molar-refractivity contribution is 5.95. The summed E-state index contributed by atoms with van der Waals surface area (Å²) in [6, 6.07) is 7.99. The van der Waals surface area contributed by atoms with Crippen molar-refractivity contribution in [3.05, 3.63) is 47.9 Å². The fraction of sp³-hybridized carbons (Fsp3) is 0.481. The monoisotopic (exact) mass is 490 g/mol. The number of hydrogen-bond acceptors (Lipinski definition) is 7. The van der Waals surface area contributed by atoms with Crippen molar-refractivity contribution in [3.8, 4) is 28.7 Å². The van der Waals surface area contributed by atoms with Gasteiger partial charge in [0.05, 0.1) is 37.4 Å². The van der Waals surface area contributed by atoms with E-state index in [9.17, 15) is 4.79 Å². The Balaban J connectivity index is 1.33. The summed E-state index contributed by atoms with van der Waals surface area (Å²) in [7, 11) is 3.25. The molecule has 2 aliphatic rings. The van der Waals surface area contributed by atoms with E-state index in [1.807, 2.05) is 36.1 Å². The van der Waals surface area contributed by atoms with Crippen molar-refractivity contribution in [2.24, 2.45) is 0 Å². The molecule has 9 nitrogen and oxygen atoms in total. The lowest BCUT2D eigenvalue weighted by atomic mass is 9.99. The van der Waals surface area contributed by atoms with E-state index in [-0.39, 0.29) is 5.91 Å². The van der Waals surface area contributed by atoms with E-state index in [0.717, 1.165) is 37.2 Å². The molecule has 4 heterocycles. The maximum atomic E-state index is 13.4. The summed E-state index contributed by atoms with van der Waals surface area (Å²) >= 11 is 0. The highest BCUT2D eigenvalue weighted by Gasteiger charge is 2.29. The van der Waals surface area contributed by atoms with Gasteiger partial charge in [-0.3, -0.25) is 4.79 Å². The molecular formula is C27H34N6O3. The summed E-state index contributed by atoms with van der Waals surface area (Å²) in [4.78, 5) is 27.1. The summed E-state index contributed by atoms with van der Waals surface area (Å²) in [6.07, 6.45) is 9.33. The topological polar surface area (TPSA) is 85.6 Å². The minimum atomic E-state index is 0.0291. The van der Waals surface area contributed by atoms with E-state index < -0.39 is 0 Å². The van der Waals surface area contributed by atoms with E-state index in [0.29, 0.717) is 34.7 Å². The molecule has 0 bridgehead atoms. The average molecular weight is 491 g/mol. The van der Waals surface area contributed by atoms with Gasteiger partial charge < -0.3 is 19.3 Å². The van der Waals surface area contributed by atoms with E-state index in [1.54, 1.807) is 31.3 Å². The second-order valence-electron chi connectivity index (χ2n) is 9.48. The minimum Gasteiger partial charge on any atom is -0.497 e. The highest BCUT2D eigenvalue weighted by Crippen LogP contribution is 2.32. The summed E-state index contributed by atoms with van der Waals surface area (Å²) in [5.74, 6) is 1.82. The molecule has 36 heavy (non-hydrogen) atoms. The van der Waals surface area contributed by atoms with Crippen LogP contribution in [-0.4, -0.2) is 81.9 Å². The van der Waals surface area contributed by atoms with Gasteiger partial charge in [-0.15, -0.1) is 0 Å². The number of benzene rings is 1. The van der Waals surface area contributed by atoms with Crippen molar-refractivity contribution in [1.29, 1.82) is 0 Å². The van der Waals surface area contributed by atoms with Gasteiger partial charge >= 0.3 is 0 Å². The van der Waals surface area contributed by atoms with Crippen molar-refractivity contribution >= 4 is 5.91 Å². The summed E-state index contributed by atoms with van der Waals surface area (Å²) < 4.78 is 12.5. The van der Waals surface area contributed by atoms with E-state index in [1.165, 1.54) is 32.4 Å². The van der Waals surface area contributed by atoms with Crippen LogP contribution in [0.5, 0.6) is 11.5 Å². The first kappa shape index (κ1) is 24.2. The molecule has 0 saturated carbocycles. The van der Waals surface area contributed by atoms with Gasteiger partial charge in [0, 0.05) is 30.9 Å². The maximum Gasteiger partial charge on any atom is 0.257 e. The van der Waals surface area contributed by atoms with Gasteiger partial charge in [-0.25, -0.2) is 14.6 Å². The Kier molecular flexibility index (Phi) is 7.18. The fourth-order valence-corrected chi connectivity index (χ4v) is 5.32. The number of methoxy groups -OCH3 is 2. The standard InChI is InChI=1S/C27H34N6O3/c1-19-23(26(34)32-15-10-20(11-16-32)31-13-5-4-6-14-31)18-29-33(19)27-28-12-9-24(30-27)22-17-21(35-2)7-8-25(22)36-3/h7-9,12,17-18,20H,4-6,10-11,13-16H2,1-3H3. The molecule has 2 aliphatic heterocycles. The molecule has 0 unspecified atom stereocenters. The van der Waals surface area contributed by atoms with Crippen molar-refractivity contribution in [2.75, 3.05) is 40.4 Å². The zero-order chi connectivity index (χ0) is 25.1. The largest absolute Gasteiger partial charge is 0.497 e. The first-order chi connectivity index (χ1) is 17.6. The number of hydrogen-bond donors (Lipinski definition) is 0. The third kappa shape index (κ3) is 4.80. The second-order valence-corrected chi connectivity index (χ2v) is 9.48. The van der Waals surface area contributed by atoms with Crippen LogP contribution in [0.15, 0.2) is 36.7 Å². The lowest BCUT2D eigenvalue weighted by Crippen LogP contribution is -2.48. The molecule has 1 aromatic carbocycles. The molecule has 5 rings (SSSR count). The van der Waals surface area contributed by atoms with Crippen molar-refractivity contribution in [1.82, 2.24) is 29.5 Å². The predicted octanol–water partition coefficient (Wildman–Crippen LogP) is 3.75. The Morgan fingerprint density at radius 1 is 1.00 bits per heavy atom. The molecule has 190 valence electrons. The number of rotatable bonds is 6. The van der Waals surface area contributed by atoms with Gasteiger partial charge in [0.2, 0.25) is 0 Å². The van der Waals surface area contributed by atoms with Gasteiger partial charge in [0.15, 0.2) is 0 Å². The minimum absolute atomic E-state index is 0.0291. The molecule has 2 aromatic heterocycles. The van der Waals surface area contributed by atoms with Crippen LogP contribution < -0.4 is 9.47 Å². The van der Waals surface area contributed by atoms with Crippen LogP contribution in [-0.2, 0) is 0 Å². The van der Waals surface area contributed by atoms with E-state index >= 15 is 0 Å². The Bertz CT molecular complexity index is 1210. The molecule has 0 atom stereocenters. The second kappa shape index (κ2) is 10.7. The maximum absolute atomic E-state index is 13.4. The van der Waals surface area contributed by atoms with Crippen LogP contribution in [0.3, 0.4) is 0 Å². The third-order valence-corrected chi connectivity index (χ3v) is 7.41. The molecule has 2 saturated heterocycles. The predicted molar refractivity (Wildman–Crippen MR) is 137 cm³/mol. The number of amides is 1. The average Bonchev–Trinajstić information content (AvgIpc) is 3.34. The van der Waals surface area contributed by atoms with Gasteiger partial charge in [0.25, 0.3) is 11.9 Å². The summed E-state index contributed by atoms with van der Waals surface area (Å²) in [5.41, 5.74) is 2.80. The van der Waals surface area contributed by atoms with E-state index in [4.69, 9.17) is 14.5 Å². The third-order valence-electron chi connectivity index (χ3n) is 7.41. The van der Waals surface area contributed by atoms with Crippen molar-refractivity contribution < 1.29 is 14.3 Å². The Labute approximate surface area is 212 Å². The highest BCUT2D eigenvalue weighted by atomic mass is 16.5. The molecule has 3 aromatic rings. The molecule has 9 heteroatoms. The number of piperidine rings is 2. The molecule has 0 radical (unpaired) electrons.